The van der Waals surface area contributed by atoms with Gasteiger partial charge in [-0.15, -0.1) is 16.8 Å². The molecule has 1 aromatic heterocycles. The van der Waals surface area contributed by atoms with Crippen molar-refractivity contribution in [3.05, 3.63) is 23.7 Å². The molecule has 0 aromatic carbocycles. The molecule has 0 atom stereocenters. The molecule has 0 radical (unpaired) electrons. The molecule has 0 unspecified atom stereocenters. The molecule has 0 N–H and O–H groups in total. The summed E-state index contributed by atoms with van der Waals surface area (Å²) in [5, 5.41) is 8.91. The van der Waals surface area contributed by atoms with Gasteiger partial charge >= 0.3 is 0 Å². The van der Waals surface area contributed by atoms with E-state index >= 15 is 0 Å². The summed E-state index contributed by atoms with van der Waals surface area (Å²) >= 11 is 3.22. The number of hydrogen-bond acceptors (Lipinski definition) is 4. The number of hydrogen-bond donors (Lipinski definition) is 0. The highest BCUT2D eigenvalue weighted by atomic mass is 32.2. The van der Waals surface area contributed by atoms with Crippen molar-refractivity contribution in [2.24, 2.45) is 0 Å². The number of aromatic nitrogens is 2. The molecular weight excluding hydrogens is 212 g/mol. The Labute approximate surface area is 94.1 Å². The van der Waals surface area contributed by atoms with Crippen molar-refractivity contribution in [1.82, 2.24) is 10.2 Å². The largest absolute Gasteiger partial charge is 0.174 e. The summed E-state index contributed by atoms with van der Waals surface area (Å²) in [7, 11) is 0. The highest BCUT2D eigenvalue weighted by Gasteiger charge is 1.97. The van der Waals surface area contributed by atoms with Crippen LogP contribution in [0.25, 0.3) is 6.08 Å². The van der Waals surface area contributed by atoms with Crippen LogP contribution in [-0.4, -0.2) is 16.5 Å². The standard InChI is InChI=1S/C8H10N2S2.C2H6/c1-3-4-5-6-7-9-10-8(11-2)12-7;1-2/h3,5-6H,1,4H2,2H3;1-2H3/b6-5+;. The third-order valence-corrected chi connectivity index (χ3v) is 3.02. The first kappa shape index (κ1) is 13.4. The Morgan fingerprint density at radius 3 is 2.64 bits per heavy atom. The van der Waals surface area contributed by atoms with Crippen LogP contribution in [0.2, 0.25) is 0 Å². The summed E-state index contributed by atoms with van der Waals surface area (Å²) in [6, 6.07) is 0. The molecule has 4 heteroatoms. The lowest BCUT2D eigenvalue weighted by Crippen LogP contribution is -1.69. The summed E-state index contributed by atoms with van der Waals surface area (Å²) in [5.41, 5.74) is 0. The topological polar surface area (TPSA) is 25.8 Å². The summed E-state index contributed by atoms with van der Waals surface area (Å²) in [5.74, 6) is 0. The molecule has 78 valence electrons. The molecule has 1 heterocycles. The van der Waals surface area contributed by atoms with Crippen LogP contribution in [0.5, 0.6) is 0 Å². The molecule has 1 aromatic rings. The maximum atomic E-state index is 3.99. The zero-order valence-electron chi connectivity index (χ0n) is 8.86. The van der Waals surface area contributed by atoms with E-state index in [2.05, 4.69) is 16.8 Å². The summed E-state index contributed by atoms with van der Waals surface area (Å²) in [6.45, 7) is 7.63. The van der Waals surface area contributed by atoms with Crippen LogP contribution >= 0.6 is 23.1 Å². The van der Waals surface area contributed by atoms with Crippen LogP contribution in [0, 0.1) is 0 Å². The first-order chi connectivity index (χ1) is 6.86. The van der Waals surface area contributed by atoms with Gasteiger partial charge < -0.3 is 0 Å². The van der Waals surface area contributed by atoms with Crippen LogP contribution in [0.15, 0.2) is 23.1 Å². The van der Waals surface area contributed by atoms with Gasteiger partial charge in [-0.2, -0.15) is 0 Å². The van der Waals surface area contributed by atoms with Gasteiger partial charge in [0.25, 0.3) is 0 Å². The normalized spacial score (nSPS) is 9.64. The van der Waals surface area contributed by atoms with Gasteiger partial charge in [-0.1, -0.05) is 49.1 Å². The van der Waals surface area contributed by atoms with E-state index in [4.69, 9.17) is 0 Å². The van der Waals surface area contributed by atoms with E-state index in [1.54, 1.807) is 23.1 Å². The van der Waals surface area contributed by atoms with E-state index in [1.807, 2.05) is 38.3 Å². The fourth-order valence-corrected chi connectivity index (χ4v) is 1.85. The summed E-state index contributed by atoms with van der Waals surface area (Å²) in [6.07, 6.45) is 8.73. The van der Waals surface area contributed by atoms with Crippen molar-refractivity contribution >= 4 is 29.2 Å². The molecule has 0 saturated carbocycles. The molecular formula is C10H16N2S2. The molecule has 0 aliphatic carbocycles. The monoisotopic (exact) mass is 228 g/mol. The second-order valence-corrected chi connectivity index (χ2v) is 4.10. The maximum Gasteiger partial charge on any atom is 0.174 e. The Morgan fingerprint density at radius 2 is 2.14 bits per heavy atom. The molecule has 0 saturated heterocycles. The van der Waals surface area contributed by atoms with E-state index in [0.29, 0.717) is 0 Å². The van der Waals surface area contributed by atoms with E-state index in [-0.39, 0.29) is 0 Å². The Balaban J connectivity index is 0.000000791. The van der Waals surface area contributed by atoms with Gasteiger partial charge in [-0.3, -0.25) is 0 Å². The lowest BCUT2D eigenvalue weighted by Gasteiger charge is -1.79. The Bertz CT molecular complexity index is 279. The molecule has 14 heavy (non-hydrogen) atoms. The first-order valence-corrected chi connectivity index (χ1v) is 6.56. The molecule has 0 spiro atoms. The highest BCUT2D eigenvalue weighted by molar-refractivity contribution is 8.00. The second-order valence-electron chi connectivity index (χ2n) is 2.04. The van der Waals surface area contributed by atoms with Gasteiger partial charge in [-0.25, -0.2) is 0 Å². The van der Waals surface area contributed by atoms with Gasteiger partial charge in [0.05, 0.1) is 0 Å². The molecule has 2 nitrogen and oxygen atoms in total. The average molecular weight is 228 g/mol. The van der Waals surface area contributed by atoms with E-state index in [9.17, 15) is 0 Å². The first-order valence-electron chi connectivity index (χ1n) is 4.51. The van der Waals surface area contributed by atoms with Crippen molar-refractivity contribution in [1.29, 1.82) is 0 Å². The van der Waals surface area contributed by atoms with E-state index < -0.39 is 0 Å². The number of allylic oxidation sites excluding steroid dienone is 2. The van der Waals surface area contributed by atoms with Crippen molar-refractivity contribution in [3.8, 4) is 0 Å². The number of thioether (sulfide) groups is 1. The number of nitrogens with zero attached hydrogens (tertiary/aromatic N) is 2. The molecule has 1 rings (SSSR count). The predicted molar refractivity (Wildman–Crippen MR) is 66.9 cm³/mol. The van der Waals surface area contributed by atoms with Gasteiger partial charge in [0.2, 0.25) is 0 Å². The quantitative estimate of drug-likeness (QED) is 0.578. The van der Waals surface area contributed by atoms with Crippen LogP contribution < -0.4 is 0 Å². The zero-order chi connectivity index (χ0) is 10.8. The molecule has 0 aliphatic heterocycles. The fourth-order valence-electron chi connectivity index (χ4n) is 0.635. The van der Waals surface area contributed by atoms with Crippen molar-refractivity contribution in [3.63, 3.8) is 0 Å². The smallest absolute Gasteiger partial charge is 0.138 e. The molecule has 0 bridgehead atoms. The summed E-state index contributed by atoms with van der Waals surface area (Å²) in [4.78, 5) is 0. The number of rotatable bonds is 4. The predicted octanol–water partition coefficient (Wildman–Crippen LogP) is 3.88. The van der Waals surface area contributed by atoms with Gasteiger partial charge in [0.1, 0.15) is 5.01 Å². The Morgan fingerprint density at radius 1 is 1.43 bits per heavy atom. The fraction of sp³-hybridized carbons (Fsp3) is 0.400. The molecule has 0 amide bonds. The lowest BCUT2D eigenvalue weighted by molar-refractivity contribution is 1.00. The van der Waals surface area contributed by atoms with Gasteiger partial charge in [0, 0.05) is 0 Å². The summed E-state index contributed by atoms with van der Waals surface area (Å²) < 4.78 is 1.01. The maximum absolute atomic E-state index is 3.99. The van der Waals surface area contributed by atoms with Crippen LogP contribution in [0.1, 0.15) is 25.3 Å². The molecule has 0 aliphatic rings. The minimum absolute atomic E-state index is 0.883. The third kappa shape index (κ3) is 5.19. The Hall–Kier alpha value is -0.610. The van der Waals surface area contributed by atoms with Crippen molar-refractivity contribution in [2.75, 3.05) is 6.26 Å². The van der Waals surface area contributed by atoms with E-state index in [0.717, 1.165) is 15.8 Å². The van der Waals surface area contributed by atoms with Crippen LogP contribution in [0.4, 0.5) is 0 Å². The van der Waals surface area contributed by atoms with E-state index in [1.165, 1.54) is 0 Å². The lowest BCUT2D eigenvalue weighted by atomic mass is 10.4. The average Bonchev–Trinajstić information content (AvgIpc) is 2.69. The minimum Gasteiger partial charge on any atom is -0.138 e. The van der Waals surface area contributed by atoms with Crippen molar-refractivity contribution in [2.45, 2.75) is 24.6 Å². The van der Waals surface area contributed by atoms with Gasteiger partial charge in [-0.05, 0) is 18.8 Å². The van der Waals surface area contributed by atoms with Crippen molar-refractivity contribution < 1.29 is 0 Å². The highest BCUT2D eigenvalue weighted by Crippen LogP contribution is 2.20. The van der Waals surface area contributed by atoms with Crippen LogP contribution in [-0.2, 0) is 0 Å². The third-order valence-electron chi connectivity index (χ3n) is 1.16. The van der Waals surface area contributed by atoms with Gasteiger partial charge in [0.15, 0.2) is 4.34 Å². The minimum atomic E-state index is 0.883. The molecule has 0 fully saturated rings. The second kappa shape index (κ2) is 8.97. The SMILES string of the molecule is C=CC/C=C/c1nnc(SC)s1.CC. The Kier molecular flexibility index (Phi) is 8.57. The zero-order valence-corrected chi connectivity index (χ0v) is 10.5. The van der Waals surface area contributed by atoms with Crippen LogP contribution in [0.3, 0.4) is 0 Å².